The molecular formula is C39H47N3O5. The van der Waals surface area contributed by atoms with Crippen molar-refractivity contribution in [1.82, 2.24) is 4.98 Å². The number of fused-ring (bicyclic) bond motifs is 2. The van der Waals surface area contributed by atoms with E-state index in [0.717, 1.165) is 45.1 Å². The van der Waals surface area contributed by atoms with Crippen LogP contribution in [0.3, 0.4) is 0 Å². The molecule has 0 fully saturated rings. The van der Waals surface area contributed by atoms with Crippen LogP contribution in [-0.2, 0) is 27.2 Å². The largest absolute Gasteiger partial charge is 0.465 e. The molecule has 0 bridgehead atoms. The van der Waals surface area contributed by atoms with Gasteiger partial charge in [-0.05, 0) is 96.6 Å². The molecule has 47 heavy (non-hydrogen) atoms. The van der Waals surface area contributed by atoms with Crippen LogP contribution in [0.25, 0.3) is 21.9 Å². The summed E-state index contributed by atoms with van der Waals surface area (Å²) < 4.78 is 10.5. The van der Waals surface area contributed by atoms with Crippen LogP contribution < -0.4 is 9.80 Å². The number of benzene rings is 3. The van der Waals surface area contributed by atoms with Gasteiger partial charge in [-0.25, -0.2) is 14.6 Å². The van der Waals surface area contributed by atoms with Gasteiger partial charge >= 0.3 is 12.1 Å². The normalized spacial score (nSPS) is 12.6. The van der Waals surface area contributed by atoms with E-state index in [1.807, 2.05) is 91.8 Å². The number of anilines is 2. The predicted molar refractivity (Wildman–Crippen MR) is 189 cm³/mol. The van der Waals surface area contributed by atoms with Crippen molar-refractivity contribution in [2.24, 2.45) is 5.41 Å². The number of rotatable bonds is 6. The monoisotopic (exact) mass is 637 g/mol. The SMILES string of the molecule is CC.COC(=O)c1ccc2c(N(Cc3ccc(-c4ccc5c(c4)CCN5C(=O)OC(C)(C)C)cc3)C(=O)CC(C)(C)C)nccc2c1. The molecule has 8 nitrogen and oxygen atoms in total. The Kier molecular flexibility index (Phi) is 10.7. The second-order valence-electron chi connectivity index (χ2n) is 13.7. The number of carbonyl (C=O) groups excluding carboxylic acids is 3. The van der Waals surface area contributed by atoms with Gasteiger partial charge in [-0.3, -0.25) is 14.6 Å². The summed E-state index contributed by atoms with van der Waals surface area (Å²) >= 11 is 0. The van der Waals surface area contributed by atoms with Crippen molar-refractivity contribution in [3.8, 4) is 11.1 Å². The molecule has 0 aliphatic carbocycles. The summed E-state index contributed by atoms with van der Waals surface area (Å²) in [6.07, 6.45) is 2.45. The number of nitrogens with zero attached hydrogens (tertiary/aromatic N) is 3. The van der Waals surface area contributed by atoms with E-state index >= 15 is 0 Å². The second kappa shape index (κ2) is 14.4. The molecule has 0 unspecified atom stereocenters. The number of hydrogen-bond donors (Lipinski definition) is 0. The van der Waals surface area contributed by atoms with Crippen molar-refractivity contribution < 1.29 is 23.9 Å². The summed E-state index contributed by atoms with van der Waals surface area (Å²) in [4.78, 5) is 46.7. The zero-order chi connectivity index (χ0) is 34.5. The first-order valence-electron chi connectivity index (χ1n) is 16.2. The molecule has 0 N–H and O–H groups in total. The first-order valence-corrected chi connectivity index (χ1v) is 16.2. The lowest BCUT2D eigenvalue weighted by Crippen LogP contribution is -2.35. The average molecular weight is 638 g/mol. The minimum absolute atomic E-state index is 0.0308. The Labute approximate surface area is 278 Å². The van der Waals surface area contributed by atoms with Gasteiger partial charge in [0.25, 0.3) is 0 Å². The van der Waals surface area contributed by atoms with Gasteiger partial charge in [0.05, 0.1) is 24.9 Å². The van der Waals surface area contributed by atoms with Crippen LogP contribution in [0.5, 0.6) is 0 Å². The van der Waals surface area contributed by atoms with Crippen molar-refractivity contribution in [1.29, 1.82) is 0 Å². The molecule has 1 aliphatic heterocycles. The summed E-state index contributed by atoms with van der Waals surface area (Å²) in [6, 6.07) is 21.4. The quantitative estimate of drug-likeness (QED) is 0.196. The van der Waals surface area contributed by atoms with E-state index in [-0.39, 0.29) is 17.4 Å². The van der Waals surface area contributed by atoms with Gasteiger partial charge in [-0.15, -0.1) is 0 Å². The zero-order valence-corrected chi connectivity index (χ0v) is 29.1. The van der Waals surface area contributed by atoms with Crippen LogP contribution in [0.15, 0.2) is 72.9 Å². The van der Waals surface area contributed by atoms with Crippen LogP contribution in [0, 0.1) is 5.41 Å². The summed E-state index contributed by atoms with van der Waals surface area (Å²) in [6.45, 7) is 16.7. The van der Waals surface area contributed by atoms with Crippen LogP contribution in [0.2, 0.25) is 0 Å². The van der Waals surface area contributed by atoms with E-state index in [9.17, 15) is 14.4 Å². The van der Waals surface area contributed by atoms with Gasteiger partial charge in [0.2, 0.25) is 5.91 Å². The maximum atomic E-state index is 13.8. The Morgan fingerprint density at radius 3 is 2.19 bits per heavy atom. The first-order chi connectivity index (χ1) is 22.2. The molecule has 1 aromatic heterocycles. The number of ether oxygens (including phenoxy) is 2. The molecule has 0 atom stereocenters. The van der Waals surface area contributed by atoms with Gasteiger partial charge < -0.3 is 9.47 Å². The number of esters is 1. The Balaban J connectivity index is 0.00000245. The second-order valence-corrected chi connectivity index (χ2v) is 13.7. The molecule has 4 aromatic rings. The number of aromatic nitrogens is 1. The van der Waals surface area contributed by atoms with Crippen LogP contribution in [-0.4, -0.2) is 42.2 Å². The molecular weight excluding hydrogens is 590 g/mol. The maximum Gasteiger partial charge on any atom is 0.414 e. The Morgan fingerprint density at radius 2 is 1.55 bits per heavy atom. The summed E-state index contributed by atoms with van der Waals surface area (Å²) in [5.74, 6) is 0.104. The molecule has 3 aromatic carbocycles. The van der Waals surface area contributed by atoms with E-state index in [1.54, 1.807) is 28.1 Å². The van der Waals surface area contributed by atoms with Crippen LogP contribution in [0.4, 0.5) is 16.3 Å². The van der Waals surface area contributed by atoms with Gasteiger partial charge in [0.15, 0.2) is 0 Å². The van der Waals surface area contributed by atoms with Crippen molar-refractivity contribution in [3.05, 3.63) is 89.6 Å². The third kappa shape index (κ3) is 8.56. The zero-order valence-electron chi connectivity index (χ0n) is 29.1. The lowest BCUT2D eigenvalue weighted by molar-refractivity contribution is -0.120. The van der Waals surface area contributed by atoms with Crippen molar-refractivity contribution >= 4 is 40.2 Å². The van der Waals surface area contributed by atoms with Gasteiger partial charge in [-0.2, -0.15) is 0 Å². The van der Waals surface area contributed by atoms with E-state index in [1.165, 1.54) is 7.11 Å². The number of carbonyl (C=O) groups is 3. The Bertz CT molecular complexity index is 1750. The molecule has 0 saturated carbocycles. The smallest absolute Gasteiger partial charge is 0.414 e. The van der Waals surface area contributed by atoms with E-state index in [4.69, 9.17) is 9.47 Å². The highest BCUT2D eigenvalue weighted by Crippen LogP contribution is 2.34. The lowest BCUT2D eigenvalue weighted by Gasteiger charge is -2.27. The third-order valence-corrected chi connectivity index (χ3v) is 7.62. The maximum absolute atomic E-state index is 13.8. The molecule has 248 valence electrons. The molecule has 0 saturated heterocycles. The van der Waals surface area contributed by atoms with Crippen molar-refractivity contribution in [3.63, 3.8) is 0 Å². The number of hydrogen-bond acceptors (Lipinski definition) is 6. The Morgan fingerprint density at radius 1 is 0.872 bits per heavy atom. The topological polar surface area (TPSA) is 89.0 Å². The number of pyridine rings is 1. The first kappa shape index (κ1) is 35.1. The summed E-state index contributed by atoms with van der Waals surface area (Å²) in [5.41, 5.74) is 4.74. The third-order valence-electron chi connectivity index (χ3n) is 7.62. The molecule has 5 rings (SSSR count). The fourth-order valence-electron chi connectivity index (χ4n) is 5.53. The minimum Gasteiger partial charge on any atom is -0.465 e. The molecule has 2 amide bonds. The lowest BCUT2D eigenvalue weighted by atomic mass is 9.91. The summed E-state index contributed by atoms with van der Waals surface area (Å²) in [5, 5.41) is 1.58. The van der Waals surface area contributed by atoms with Crippen LogP contribution >= 0.6 is 0 Å². The van der Waals surface area contributed by atoms with Gasteiger partial charge in [-0.1, -0.05) is 65.0 Å². The van der Waals surface area contributed by atoms with Crippen LogP contribution in [0.1, 0.15) is 83.3 Å². The Hall–Kier alpha value is -4.72. The highest BCUT2D eigenvalue weighted by molar-refractivity contribution is 6.04. The summed E-state index contributed by atoms with van der Waals surface area (Å²) in [7, 11) is 1.35. The van der Waals surface area contributed by atoms with E-state index < -0.39 is 11.6 Å². The van der Waals surface area contributed by atoms with E-state index in [2.05, 4.69) is 23.2 Å². The standard InChI is InChI=1S/C37H41N3O5.C2H6/c1-36(2,3)22-32(41)40(33-30-14-12-29(34(42)44-7)21-27(30)16-18-38-33)23-24-8-10-25(11-9-24)26-13-15-31-28(20-26)17-19-39(31)35(43)45-37(4,5)6;1-2/h8-16,18,20-21H,17,19,22-23H2,1-7H3;1-2H3. The predicted octanol–water partition coefficient (Wildman–Crippen LogP) is 8.98. The number of amides is 2. The van der Waals surface area contributed by atoms with Crippen molar-refractivity contribution in [2.45, 2.75) is 80.4 Å². The van der Waals surface area contributed by atoms with E-state index in [0.29, 0.717) is 30.9 Å². The molecule has 8 heteroatoms. The fourth-order valence-corrected chi connectivity index (χ4v) is 5.53. The van der Waals surface area contributed by atoms with Crippen molar-refractivity contribution in [2.75, 3.05) is 23.5 Å². The highest BCUT2D eigenvalue weighted by Gasteiger charge is 2.29. The van der Waals surface area contributed by atoms with Gasteiger partial charge in [0, 0.05) is 24.5 Å². The highest BCUT2D eigenvalue weighted by atomic mass is 16.6. The number of methoxy groups -OCH3 is 1. The molecule has 0 spiro atoms. The average Bonchev–Trinajstić information content (AvgIpc) is 3.46. The molecule has 2 heterocycles. The molecule has 1 aliphatic rings. The fraction of sp³-hybridized carbons (Fsp3) is 0.385. The minimum atomic E-state index is -0.549. The molecule has 0 radical (unpaired) electrons. The van der Waals surface area contributed by atoms with Gasteiger partial charge in [0.1, 0.15) is 11.4 Å².